The SMILES string of the molecule is COc1ccc(C#N)c(N(CCO)CC2CCCN2)c1. The summed E-state index contributed by atoms with van der Waals surface area (Å²) in [4.78, 5) is 2.06. The number of aliphatic hydroxyl groups excluding tert-OH is 1. The van der Waals surface area contributed by atoms with Crippen molar-refractivity contribution >= 4 is 5.69 Å². The zero-order valence-corrected chi connectivity index (χ0v) is 11.8. The number of rotatable bonds is 6. The summed E-state index contributed by atoms with van der Waals surface area (Å²) in [6.07, 6.45) is 2.31. The Kier molecular flexibility index (Phi) is 5.22. The first-order valence-corrected chi connectivity index (χ1v) is 6.96. The van der Waals surface area contributed by atoms with Crippen molar-refractivity contribution < 1.29 is 9.84 Å². The van der Waals surface area contributed by atoms with E-state index in [4.69, 9.17) is 4.74 Å². The maximum absolute atomic E-state index is 9.29. The second kappa shape index (κ2) is 7.13. The van der Waals surface area contributed by atoms with Crippen molar-refractivity contribution in [3.05, 3.63) is 23.8 Å². The fraction of sp³-hybridized carbons (Fsp3) is 0.533. The Labute approximate surface area is 119 Å². The van der Waals surface area contributed by atoms with Gasteiger partial charge in [-0.05, 0) is 31.5 Å². The number of hydrogen-bond acceptors (Lipinski definition) is 5. The lowest BCUT2D eigenvalue weighted by atomic mass is 10.1. The summed E-state index contributed by atoms with van der Waals surface area (Å²) in [5.74, 6) is 0.723. The lowest BCUT2D eigenvalue weighted by Crippen LogP contribution is -2.39. The van der Waals surface area contributed by atoms with Crippen LogP contribution < -0.4 is 15.0 Å². The number of ether oxygens (including phenoxy) is 1. The summed E-state index contributed by atoms with van der Waals surface area (Å²) >= 11 is 0. The fourth-order valence-electron chi connectivity index (χ4n) is 2.60. The molecule has 1 heterocycles. The van der Waals surface area contributed by atoms with E-state index in [0.717, 1.165) is 30.9 Å². The highest BCUT2D eigenvalue weighted by Gasteiger charge is 2.20. The van der Waals surface area contributed by atoms with Gasteiger partial charge in [0.15, 0.2) is 0 Å². The molecule has 2 rings (SSSR count). The molecule has 1 aliphatic heterocycles. The van der Waals surface area contributed by atoms with Crippen molar-refractivity contribution in [3.63, 3.8) is 0 Å². The summed E-state index contributed by atoms with van der Waals surface area (Å²) < 4.78 is 5.24. The average molecular weight is 275 g/mol. The molecular formula is C15H21N3O2. The highest BCUT2D eigenvalue weighted by Crippen LogP contribution is 2.26. The van der Waals surface area contributed by atoms with Crippen molar-refractivity contribution in [2.45, 2.75) is 18.9 Å². The maximum Gasteiger partial charge on any atom is 0.121 e. The number of hydrogen-bond donors (Lipinski definition) is 2. The molecule has 0 aliphatic carbocycles. The van der Waals surface area contributed by atoms with Gasteiger partial charge in [-0.1, -0.05) is 0 Å². The van der Waals surface area contributed by atoms with Crippen LogP contribution in [0.25, 0.3) is 0 Å². The van der Waals surface area contributed by atoms with Gasteiger partial charge in [0.25, 0.3) is 0 Å². The van der Waals surface area contributed by atoms with E-state index < -0.39 is 0 Å². The normalized spacial score (nSPS) is 17.8. The largest absolute Gasteiger partial charge is 0.497 e. The minimum Gasteiger partial charge on any atom is -0.497 e. The Bertz CT molecular complexity index is 478. The summed E-state index contributed by atoms with van der Waals surface area (Å²) in [5, 5.41) is 22.0. The van der Waals surface area contributed by atoms with Crippen LogP contribution in [0.4, 0.5) is 5.69 Å². The van der Waals surface area contributed by atoms with Crippen LogP contribution in [0, 0.1) is 11.3 Å². The number of benzene rings is 1. The first-order chi connectivity index (χ1) is 9.78. The summed E-state index contributed by atoms with van der Waals surface area (Å²) in [6, 6.07) is 8.04. The Hall–Kier alpha value is -1.77. The average Bonchev–Trinajstić information content (AvgIpc) is 2.99. The zero-order chi connectivity index (χ0) is 14.4. The van der Waals surface area contributed by atoms with Crippen LogP contribution in [0.1, 0.15) is 18.4 Å². The van der Waals surface area contributed by atoms with Crippen LogP contribution in [-0.4, -0.2) is 44.5 Å². The number of nitrogens with one attached hydrogen (secondary N) is 1. The second-order valence-corrected chi connectivity index (χ2v) is 4.96. The van der Waals surface area contributed by atoms with E-state index in [1.165, 1.54) is 6.42 Å². The van der Waals surface area contributed by atoms with Crippen LogP contribution in [-0.2, 0) is 0 Å². The predicted molar refractivity (Wildman–Crippen MR) is 78.0 cm³/mol. The fourth-order valence-corrected chi connectivity index (χ4v) is 2.60. The lowest BCUT2D eigenvalue weighted by Gasteiger charge is -2.28. The number of nitriles is 1. The minimum atomic E-state index is 0.0643. The zero-order valence-electron chi connectivity index (χ0n) is 11.8. The number of methoxy groups -OCH3 is 1. The topological polar surface area (TPSA) is 68.5 Å². The molecule has 1 aromatic carbocycles. The van der Waals surface area contributed by atoms with E-state index in [2.05, 4.69) is 16.3 Å². The number of anilines is 1. The molecule has 1 aromatic rings. The molecule has 1 fully saturated rings. The van der Waals surface area contributed by atoms with Gasteiger partial charge in [0, 0.05) is 25.2 Å². The molecule has 0 bridgehead atoms. The quantitative estimate of drug-likeness (QED) is 0.814. The molecule has 1 aliphatic rings. The number of aliphatic hydroxyl groups is 1. The van der Waals surface area contributed by atoms with Gasteiger partial charge in [-0.15, -0.1) is 0 Å². The third-order valence-corrected chi connectivity index (χ3v) is 3.64. The molecule has 0 saturated carbocycles. The Morgan fingerprint density at radius 2 is 2.40 bits per heavy atom. The molecule has 0 amide bonds. The standard InChI is InChI=1S/C15H21N3O2/c1-20-14-5-4-12(10-16)15(9-14)18(7-8-19)11-13-3-2-6-17-13/h4-5,9,13,17,19H,2-3,6-8,11H2,1H3. The third-order valence-electron chi connectivity index (χ3n) is 3.64. The maximum atomic E-state index is 9.29. The Balaban J connectivity index is 2.24. The van der Waals surface area contributed by atoms with Crippen molar-refractivity contribution in [2.75, 3.05) is 38.3 Å². The van der Waals surface area contributed by atoms with E-state index in [1.807, 2.05) is 6.07 Å². The van der Waals surface area contributed by atoms with Gasteiger partial charge in [0.1, 0.15) is 11.8 Å². The monoisotopic (exact) mass is 275 g/mol. The molecule has 1 unspecified atom stereocenters. The van der Waals surface area contributed by atoms with Crippen molar-refractivity contribution in [3.8, 4) is 11.8 Å². The van der Waals surface area contributed by atoms with Crippen LogP contribution in [0.2, 0.25) is 0 Å². The molecule has 0 spiro atoms. The van der Waals surface area contributed by atoms with Gasteiger partial charge >= 0.3 is 0 Å². The molecule has 108 valence electrons. The third kappa shape index (κ3) is 3.41. The molecule has 2 N–H and O–H groups in total. The molecule has 1 saturated heterocycles. The molecule has 5 nitrogen and oxygen atoms in total. The summed E-state index contributed by atoms with van der Waals surface area (Å²) in [6.45, 7) is 2.41. The van der Waals surface area contributed by atoms with Gasteiger partial charge in [-0.2, -0.15) is 5.26 Å². The van der Waals surface area contributed by atoms with Crippen LogP contribution in [0.15, 0.2) is 18.2 Å². The van der Waals surface area contributed by atoms with Gasteiger partial charge in [0.05, 0.1) is 25.0 Å². The van der Waals surface area contributed by atoms with Crippen molar-refractivity contribution in [1.82, 2.24) is 5.32 Å². The lowest BCUT2D eigenvalue weighted by molar-refractivity contribution is 0.300. The van der Waals surface area contributed by atoms with E-state index >= 15 is 0 Å². The van der Waals surface area contributed by atoms with Gasteiger partial charge in [-0.3, -0.25) is 0 Å². The first-order valence-electron chi connectivity index (χ1n) is 6.96. The molecule has 5 heteroatoms. The van der Waals surface area contributed by atoms with Gasteiger partial charge in [0.2, 0.25) is 0 Å². The van der Waals surface area contributed by atoms with Crippen LogP contribution in [0.3, 0.4) is 0 Å². The second-order valence-electron chi connectivity index (χ2n) is 4.96. The van der Waals surface area contributed by atoms with Gasteiger partial charge in [-0.25, -0.2) is 0 Å². The van der Waals surface area contributed by atoms with E-state index in [1.54, 1.807) is 19.2 Å². The first kappa shape index (κ1) is 14.6. The minimum absolute atomic E-state index is 0.0643. The number of nitrogens with zero attached hydrogens (tertiary/aromatic N) is 2. The van der Waals surface area contributed by atoms with E-state index in [0.29, 0.717) is 18.2 Å². The Morgan fingerprint density at radius 1 is 1.55 bits per heavy atom. The molecule has 0 radical (unpaired) electrons. The van der Waals surface area contributed by atoms with Gasteiger partial charge < -0.3 is 20.1 Å². The van der Waals surface area contributed by atoms with E-state index in [9.17, 15) is 10.4 Å². The molecular weight excluding hydrogens is 254 g/mol. The smallest absolute Gasteiger partial charge is 0.121 e. The van der Waals surface area contributed by atoms with Crippen LogP contribution >= 0.6 is 0 Å². The van der Waals surface area contributed by atoms with E-state index in [-0.39, 0.29) is 6.61 Å². The molecule has 1 atom stereocenters. The highest BCUT2D eigenvalue weighted by molar-refractivity contribution is 5.62. The summed E-state index contributed by atoms with van der Waals surface area (Å²) in [5.41, 5.74) is 1.44. The molecule has 20 heavy (non-hydrogen) atoms. The molecule has 0 aromatic heterocycles. The Morgan fingerprint density at radius 3 is 3.00 bits per heavy atom. The predicted octanol–water partition coefficient (Wildman–Crippen LogP) is 1.12. The summed E-state index contributed by atoms with van der Waals surface area (Å²) in [7, 11) is 1.61. The van der Waals surface area contributed by atoms with Crippen LogP contribution in [0.5, 0.6) is 5.75 Å². The van der Waals surface area contributed by atoms with Crippen molar-refractivity contribution in [1.29, 1.82) is 5.26 Å². The highest BCUT2D eigenvalue weighted by atomic mass is 16.5. The van der Waals surface area contributed by atoms with Crippen molar-refractivity contribution in [2.24, 2.45) is 0 Å².